The zero-order chi connectivity index (χ0) is 14.1. The SMILES string of the molecule is CC(=O)CC(=O)O.CC1(C)[C@@H]2CC[C@]1(C)[C@@H](O)C2. The van der Waals surface area contributed by atoms with E-state index in [4.69, 9.17) is 5.11 Å². The first-order valence-electron chi connectivity index (χ1n) is 6.50. The first kappa shape index (κ1) is 15.2. The fraction of sp³-hybridized carbons (Fsp3) is 0.857. The van der Waals surface area contributed by atoms with Gasteiger partial charge in [0.2, 0.25) is 0 Å². The summed E-state index contributed by atoms with van der Waals surface area (Å²) in [7, 11) is 0. The number of aliphatic hydroxyl groups excluding tert-OH is 1. The zero-order valence-corrected chi connectivity index (χ0v) is 11.7. The third-order valence-corrected chi connectivity index (χ3v) is 5.15. The predicted octanol–water partition coefficient (Wildman–Crippen LogP) is 2.24. The molecule has 0 spiro atoms. The lowest BCUT2D eigenvalue weighted by Crippen LogP contribution is -2.35. The number of ketones is 1. The summed E-state index contributed by atoms with van der Waals surface area (Å²) in [6.45, 7) is 8.14. The lowest BCUT2D eigenvalue weighted by Gasteiger charge is -2.36. The molecule has 0 radical (unpaired) electrons. The van der Waals surface area contributed by atoms with Gasteiger partial charge in [0.25, 0.3) is 0 Å². The molecule has 0 aliphatic heterocycles. The van der Waals surface area contributed by atoms with Crippen LogP contribution in [0.4, 0.5) is 0 Å². The number of rotatable bonds is 2. The Bertz CT molecular complexity index is 336. The van der Waals surface area contributed by atoms with Gasteiger partial charge in [-0.15, -0.1) is 0 Å². The van der Waals surface area contributed by atoms with Gasteiger partial charge >= 0.3 is 5.97 Å². The van der Waals surface area contributed by atoms with E-state index in [1.807, 2.05) is 0 Å². The summed E-state index contributed by atoms with van der Waals surface area (Å²) in [5, 5.41) is 17.7. The Morgan fingerprint density at radius 1 is 1.28 bits per heavy atom. The largest absolute Gasteiger partial charge is 0.481 e. The molecule has 2 N–H and O–H groups in total. The molecule has 4 heteroatoms. The summed E-state index contributed by atoms with van der Waals surface area (Å²) in [5.41, 5.74) is 0.601. The number of carboxylic acid groups (broad SMARTS) is 1. The molecule has 0 unspecified atom stereocenters. The molecule has 0 aromatic heterocycles. The molecular formula is C14H24O4. The minimum atomic E-state index is -1.06. The second-order valence-corrected chi connectivity index (χ2v) is 6.40. The zero-order valence-electron chi connectivity index (χ0n) is 11.7. The molecule has 2 saturated carbocycles. The average molecular weight is 256 g/mol. The fourth-order valence-electron chi connectivity index (χ4n) is 3.37. The standard InChI is InChI=1S/C10H18O.C4H6O3/c1-9(2)7-4-5-10(9,3)8(11)6-7;1-3(5)2-4(6)7/h7-8,11H,4-6H2,1-3H3;2H2,1H3,(H,6,7)/t7-,8+,10-;/m1./s1. The van der Waals surface area contributed by atoms with Crippen molar-refractivity contribution in [2.75, 3.05) is 0 Å². The highest BCUT2D eigenvalue weighted by Gasteiger charge is 2.60. The van der Waals surface area contributed by atoms with Crippen molar-refractivity contribution in [3.63, 3.8) is 0 Å². The van der Waals surface area contributed by atoms with E-state index in [9.17, 15) is 14.7 Å². The van der Waals surface area contributed by atoms with Crippen LogP contribution in [0.5, 0.6) is 0 Å². The van der Waals surface area contributed by atoms with Crippen molar-refractivity contribution in [3.8, 4) is 0 Å². The quantitative estimate of drug-likeness (QED) is 0.743. The second kappa shape index (κ2) is 5.00. The van der Waals surface area contributed by atoms with E-state index in [1.54, 1.807) is 0 Å². The highest BCUT2D eigenvalue weighted by Crippen LogP contribution is 2.65. The van der Waals surface area contributed by atoms with Crippen LogP contribution < -0.4 is 0 Å². The predicted molar refractivity (Wildman–Crippen MR) is 68.2 cm³/mol. The lowest BCUT2D eigenvalue weighted by atomic mass is 9.70. The van der Waals surface area contributed by atoms with E-state index in [-0.39, 0.29) is 23.7 Å². The maximum atomic E-state index is 9.87. The monoisotopic (exact) mass is 256 g/mol. The fourth-order valence-corrected chi connectivity index (χ4v) is 3.37. The number of aliphatic carboxylic acids is 1. The van der Waals surface area contributed by atoms with E-state index >= 15 is 0 Å². The van der Waals surface area contributed by atoms with Gasteiger partial charge in [-0.25, -0.2) is 0 Å². The van der Waals surface area contributed by atoms with Gasteiger partial charge in [-0.2, -0.15) is 0 Å². The summed E-state index contributed by atoms with van der Waals surface area (Å²) in [5.74, 6) is -0.595. The molecular weight excluding hydrogens is 232 g/mol. The van der Waals surface area contributed by atoms with Crippen molar-refractivity contribution >= 4 is 11.8 Å². The Kier molecular flexibility index (Phi) is 4.21. The van der Waals surface area contributed by atoms with Gasteiger partial charge in [-0.3, -0.25) is 9.59 Å². The van der Waals surface area contributed by atoms with Crippen LogP contribution in [0.1, 0.15) is 53.4 Å². The number of fused-ring (bicyclic) bond motifs is 2. The van der Waals surface area contributed by atoms with Crippen LogP contribution in [0.15, 0.2) is 0 Å². The van der Waals surface area contributed by atoms with Gasteiger partial charge in [0.1, 0.15) is 12.2 Å². The molecule has 2 rings (SSSR count). The Morgan fingerprint density at radius 2 is 1.83 bits per heavy atom. The summed E-state index contributed by atoms with van der Waals surface area (Å²) < 4.78 is 0. The highest BCUT2D eigenvalue weighted by molar-refractivity contribution is 5.93. The average Bonchev–Trinajstić information content (AvgIpc) is 2.49. The van der Waals surface area contributed by atoms with Crippen molar-refractivity contribution < 1.29 is 19.8 Å². The molecule has 2 fully saturated rings. The minimum absolute atomic E-state index is 0.0313. The molecule has 3 atom stereocenters. The maximum absolute atomic E-state index is 9.87. The van der Waals surface area contributed by atoms with E-state index < -0.39 is 5.97 Å². The number of carbonyl (C=O) groups is 2. The number of Topliss-reactive ketones (excluding diaryl/α,β-unsaturated/α-hetero) is 1. The number of hydrogen-bond acceptors (Lipinski definition) is 3. The maximum Gasteiger partial charge on any atom is 0.310 e. The Balaban J connectivity index is 0.000000203. The van der Waals surface area contributed by atoms with Crippen molar-refractivity contribution in [2.24, 2.45) is 16.7 Å². The molecule has 18 heavy (non-hydrogen) atoms. The van der Waals surface area contributed by atoms with Gasteiger partial charge in [-0.05, 0) is 42.9 Å². The van der Waals surface area contributed by atoms with E-state index in [0.717, 1.165) is 12.3 Å². The Hall–Kier alpha value is -0.900. The van der Waals surface area contributed by atoms with Crippen molar-refractivity contribution in [1.29, 1.82) is 0 Å². The van der Waals surface area contributed by atoms with Crippen LogP contribution >= 0.6 is 0 Å². The van der Waals surface area contributed by atoms with Crippen LogP contribution in [0.25, 0.3) is 0 Å². The van der Waals surface area contributed by atoms with Gasteiger partial charge in [0.05, 0.1) is 6.10 Å². The van der Waals surface area contributed by atoms with Gasteiger partial charge in [-0.1, -0.05) is 20.8 Å². The number of carbonyl (C=O) groups excluding carboxylic acids is 1. The first-order chi connectivity index (χ1) is 8.11. The van der Waals surface area contributed by atoms with Crippen LogP contribution in [0.3, 0.4) is 0 Å². The van der Waals surface area contributed by atoms with E-state index in [2.05, 4.69) is 20.8 Å². The normalized spacial score (nSPS) is 35.8. The molecule has 2 bridgehead atoms. The molecule has 0 heterocycles. The highest BCUT2D eigenvalue weighted by atomic mass is 16.4. The van der Waals surface area contributed by atoms with Gasteiger partial charge < -0.3 is 10.2 Å². The molecule has 4 nitrogen and oxygen atoms in total. The summed E-state index contributed by atoms with van der Waals surface area (Å²) in [6, 6.07) is 0. The van der Waals surface area contributed by atoms with Crippen LogP contribution in [-0.2, 0) is 9.59 Å². The molecule has 2 aliphatic rings. The first-order valence-corrected chi connectivity index (χ1v) is 6.50. The van der Waals surface area contributed by atoms with E-state index in [1.165, 1.54) is 19.8 Å². The third kappa shape index (κ3) is 2.58. The smallest absolute Gasteiger partial charge is 0.310 e. The second-order valence-electron chi connectivity index (χ2n) is 6.40. The summed E-state index contributed by atoms with van der Waals surface area (Å²) in [6.07, 6.45) is 3.21. The van der Waals surface area contributed by atoms with Crippen LogP contribution in [-0.4, -0.2) is 28.1 Å². The molecule has 0 aromatic rings. The molecule has 0 aromatic carbocycles. The van der Waals surface area contributed by atoms with Crippen molar-refractivity contribution in [2.45, 2.75) is 59.5 Å². The third-order valence-electron chi connectivity index (χ3n) is 5.15. The molecule has 0 saturated heterocycles. The molecule has 0 amide bonds. The topological polar surface area (TPSA) is 74.6 Å². The van der Waals surface area contributed by atoms with Gasteiger partial charge in [0.15, 0.2) is 0 Å². The van der Waals surface area contributed by atoms with Gasteiger partial charge in [0, 0.05) is 0 Å². The summed E-state index contributed by atoms with van der Waals surface area (Å²) >= 11 is 0. The number of carboxylic acids is 1. The van der Waals surface area contributed by atoms with Crippen LogP contribution in [0.2, 0.25) is 0 Å². The minimum Gasteiger partial charge on any atom is -0.481 e. The molecule has 2 aliphatic carbocycles. The summed E-state index contributed by atoms with van der Waals surface area (Å²) in [4.78, 5) is 19.5. The number of aliphatic hydroxyl groups is 1. The lowest BCUT2D eigenvalue weighted by molar-refractivity contribution is -0.139. The van der Waals surface area contributed by atoms with Crippen LogP contribution in [0, 0.1) is 16.7 Å². The molecule has 104 valence electrons. The Labute approximate surface area is 108 Å². The van der Waals surface area contributed by atoms with Crippen molar-refractivity contribution in [3.05, 3.63) is 0 Å². The Morgan fingerprint density at radius 3 is 1.94 bits per heavy atom. The van der Waals surface area contributed by atoms with Crippen molar-refractivity contribution in [1.82, 2.24) is 0 Å². The number of hydrogen-bond donors (Lipinski definition) is 2. The van der Waals surface area contributed by atoms with E-state index in [0.29, 0.717) is 5.41 Å².